The first kappa shape index (κ1) is 13.0. The maximum Gasteiger partial charge on any atom is 0.131 e. The van der Waals surface area contributed by atoms with Crippen LogP contribution in [-0.2, 0) is 13.0 Å². The summed E-state index contributed by atoms with van der Waals surface area (Å²) in [6, 6.07) is 4.79. The molecule has 2 aromatic rings. The van der Waals surface area contributed by atoms with Crippen LogP contribution in [0.1, 0.15) is 11.3 Å². The molecule has 0 bridgehead atoms. The van der Waals surface area contributed by atoms with Crippen molar-refractivity contribution in [2.75, 3.05) is 12.4 Å². The molecule has 0 unspecified atom stereocenters. The van der Waals surface area contributed by atoms with Crippen molar-refractivity contribution >= 4 is 15.9 Å². The number of hydrogen-bond acceptors (Lipinski definition) is 3. The van der Waals surface area contributed by atoms with Gasteiger partial charge in [0.1, 0.15) is 11.6 Å². The lowest BCUT2D eigenvalue weighted by Crippen LogP contribution is -2.03. The first-order chi connectivity index (χ1) is 8.72. The van der Waals surface area contributed by atoms with Gasteiger partial charge in [0, 0.05) is 29.6 Å². The van der Waals surface area contributed by atoms with Crippen molar-refractivity contribution in [3.63, 3.8) is 0 Å². The number of alkyl halides is 1. The molecule has 0 aliphatic carbocycles. The Morgan fingerprint density at radius 1 is 1.44 bits per heavy atom. The van der Waals surface area contributed by atoms with Crippen molar-refractivity contribution in [3.05, 3.63) is 41.5 Å². The lowest BCUT2D eigenvalue weighted by Gasteiger charge is -2.05. The van der Waals surface area contributed by atoms with Crippen molar-refractivity contribution in [3.8, 4) is 5.75 Å². The molecule has 1 heterocycles. The van der Waals surface area contributed by atoms with Crippen LogP contribution in [-0.4, -0.2) is 27.4 Å². The second kappa shape index (κ2) is 5.95. The third-order valence-corrected chi connectivity index (χ3v) is 2.93. The zero-order valence-electron chi connectivity index (χ0n) is 9.94. The fourth-order valence-electron chi connectivity index (χ4n) is 1.58. The Bertz CT molecular complexity index is 530. The van der Waals surface area contributed by atoms with Gasteiger partial charge in [0.05, 0.1) is 19.3 Å². The molecular weight excluding hydrogens is 301 g/mol. The number of aryl methyl sites for hydroxylation is 1. The lowest BCUT2D eigenvalue weighted by molar-refractivity contribution is 0.410. The first-order valence-electron chi connectivity index (χ1n) is 5.50. The van der Waals surface area contributed by atoms with Gasteiger partial charge in [-0.15, -0.1) is 5.10 Å². The van der Waals surface area contributed by atoms with Crippen LogP contribution in [0.4, 0.5) is 4.39 Å². The fraction of sp³-hybridized carbons (Fsp3) is 0.333. The Labute approximate surface area is 113 Å². The summed E-state index contributed by atoms with van der Waals surface area (Å²) in [5.74, 6) is 0.210. The SMILES string of the molecule is COc1ccc(Cn2cc(CCBr)nn2)c(F)c1. The van der Waals surface area contributed by atoms with E-state index in [-0.39, 0.29) is 5.82 Å². The van der Waals surface area contributed by atoms with Crippen LogP contribution in [0, 0.1) is 5.82 Å². The summed E-state index contributed by atoms with van der Waals surface area (Å²) >= 11 is 3.34. The number of aromatic nitrogens is 3. The first-order valence-corrected chi connectivity index (χ1v) is 6.62. The topological polar surface area (TPSA) is 39.9 Å². The highest BCUT2D eigenvalue weighted by Gasteiger charge is 2.06. The van der Waals surface area contributed by atoms with Crippen LogP contribution in [0.5, 0.6) is 5.75 Å². The largest absolute Gasteiger partial charge is 0.497 e. The predicted octanol–water partition coefficient (Wildman–Crippen LogP) is 2.41. The van der Waals surface area contributed by atoms with Gasteiger partial charge in [0.25, 0.3) is 0 Å². The monoisotopic (exact) mass is 313 g/mol. The van der Waals surface area contributed by atoms with E-state index in [9.17, 15) is 4.39 Å². The van der Waals surface area contributed by atoms with E-state index in [1.54, 1.807) is 16.8 Å². The molecule has 0 aliphatic heterocycles. The molecule has 0 aliphatic rings. The van der Waals surface area contributed by atoms with Gasteiger partial charge in [-0.1, -0.05) is 27.2 Å². The van der Waals surface area contributed by atoms with E-state index in [4.69, 9.17) is 4.74 Å². The van der Waals surface area contributed by atoms with E-state index < -0.39 is 0 Å². The predicted molar refractivity (Wildman–Crippen MR) is 69.6 cm³/mol. The Morgan fingerprint density at radius 2 is 2.28 bits per heavy atom. The highest BCUT2D eigenvalue weighted by molar-refractivity contribution is 9.09. The molecule has 0 radical (unpaired) electrons. The molecule has 0 saturated heterocycles. The Hall–Kier alpha value is -1.43. The summed E-state index contributed by atoms with van der Waals surface area (Å²) in [4.78, 5) is 0. The number of methoxy groups -OCH3 is 1. The van der Waals surface area contributed by atoms with Gasteiger partial charge in [-0.2, -0.15) is 0 Å². The van der Waals surface area contributed by atoms with E-state index in [1.165, 1.54) is 13.2 Å². The normalized spacial score (nSPS) is 10.6. The second-order valence-corrected chi connectivity index (χ2v) is 4.60. The van der Waals surface area contributed by atoms with Crippen LogP contribution in [0.25, 0.3) is 0 Å². The zero-order valence-corrected chi connectivity index (χ0v) is 11.5. The third-order valence-electron chi connectivity index (χ3n) is 2.53. The van der Waals surface area contributed by atoms with Crippen molar-refractivity contribution in [2.45, 2.75) is 13.0 Å². The van der Waals surface area contributed by atoms with Gasteiger partial charge in [-0.25, -0.2) is 9.07 Å². The second-order valence-electron chi connectivity index (χ2n) is 3.80. The van der Waals surface area contributed by atoms with Crippen LogP contribution in [0.15, 0.2) is 24.4 Å². The van der Waals surface area contributed by atoms with Crippen molar-refractivity contribution in [2.24, 2.45) is 0 Å². The zero-order chi connectivity index (χ0) is 13.0. The average molecular weight is 314 g/mol. The standard InChI is InChI=1S/C12H13BrFN3O/c1-18-11-3-2-9(12(14)6-11)7-17-8-10(4-5-13)15-16-17/h2-3,6,8H,4-5,7H2,1H3. The molecular formula is C12H13BrFN3O. The van der Waals surface area contributed by atoms with Crippen molar-refractivity contribution in [1.82, 2.24) is 15.0 Å². The molecule has 1 aromatic carbocycles. The third kappa shape index (κ3) is 3.07. The summed E-state index contributed by atoms with van der Waals surface area (Å²) < 4.78 is 20.3. The summed E-state index contributed by atoms with van der Waals surface area (Å²) in [5, 5.41) is 8.80. The maximum atomic E-state index is 13.7. The van der Waals surface area contributed by atoms with Gasteiger partial charge in [-0.05, 0) is 6.07 Å². The van der Waals surface area contributed by atoms with E-state index in [2.05, 4.69) is 26.2 Å². The minimum absolute atomic E-state index is 0.299. The molecule has 0 fully saturated rings. The Morgan fingerprint density at radius 3 is 2.94 bits per heavy atom. The van der Waals surface area contributed by atoms with Crippen LogP contribution >= 0.6 is 15.9 Å². The van der Waals surface area contributed by atoms with Crippen molar-refractivity contribution in [1.29, 1.82) is 0 Å². The van der Waals surface area contributed by atoms with Gasteiger partial charge >= 0.3 is 0 Å². The van der Waals surface area contributed by atoms with Gasteiger partial charge < -0.3 is 4.74 Å². The molecule has 18 heavy (non-hydrogen) atoms. The fourth-order valence-corrected chi connectivity index (χ4v) is 1.99. The van der Waals surface area contributed by atoms with Crippen LogP contribution in [0.2, 0.25) is 0 Å². The molecule has 96 valence electrons. The Kier molecular flexibility index (Phi) is 4.30. The molecule has 0 atom stereocenters. The smallest absolute Gasteiger partial charge is 0.131 e. The molecule has 1 aromatic heterocycles. The Balaban J connectivity index is 2.12. The molecule has 2 rings (SSSR count). The molecule has 0 N–H and O–H groups in total. The van der Waals surface area contributed by atoms with Gasteiger partial charge in [0.15, 0.2) is 0 Å². The number of hydrogen-bond donors (Lipinski definition) is 0. The summed E-state index contributed by atoms with van der Waals surface area (Å²) in [5.41, 5.74) is 1.45. The van der Waals surface area contributed by atoms with Crippen molar-refractivity contribution < 1.29 is 9.13 Å². The highest BCUT2D eigenvalue weighted by atomic mass is 79.9. The molecule has 0 saturated carbocycles. The maximum absolute atomic E-state index is 13.7. The number of ether oxygens (including phenoxy) is 1. The molecule has 6 heteroatoms. The molecule has 4 nitrogen and oxygen atoms in total. The summed E-state index contributed by atoms with van der Waals surface area (Å²) in [6.45, 7) is 0.366. The minimum atomic E-state index is -0.299. The van der Waals surface area contributed by atoms with E-state index in [0.29, 0.717) is 17.9 Å². The number of benzene rings is 1. The quantitative estimate of drug-likeness (QED) is 0.796. The van der Waals surface area contributed by atoms with E-state index in [0.717, 1.165) is 17.4 Å². The lowest BCUT2D eigenvalue weighted by atomic mass is 10.2. The van der Waals surface area contributed by atoms with E-state index >= 15 is 0 Å². The molecule has 0 amide bonds. The van der Waals surface area contributed by atoms with Crippen LogP contribution < -0.4 is 4.74 Å². The summed E-state index contributed by atoms with van der Waals surface area (Å²) in [6.07, 6.45) is 2.63. The number of halogens is 2. The van der Waals surface area contributed by atoms with Gasteiger partial charge in [0.2, 0.25) is 0 Å². The number of nitrogens with zero attached hydrogens (tertiary/aromatic N) is 3. The molecule has 0 spiro atoms. The summed E-state index contributed by atoms with van der Waals surface area (Å²) in [7, 11) is 1.51. The van der Waals surface area contributed by atoms with E-state index in [1.807, 2.05) is 6.20 Å². The van der Waals surface area contributed by atoms with Crippen LogP contribution in [0.3, 0.4) is 0 Å². The highest BCUT2D eigenvalue weighted by Crippen LogP contribution is 2.17. The average Bonchev–Trinajstić information content (AvgIpc) is 2.80. The van der Waals surface area contributed by atoms with Gasteiger partial charge in [-0.3, -0.25) is 0 Å². The minimum Gasteiger partial charge on any atom is -0.497 e. The number of rotatable bonds is 5.